The van der Waals surface area contributed by atoms with Gasteiger partial charge in [0.05, 0.1) is 24.5 Å². The molecular formula is C44H47NO6S. The number of carbonyl (C=O) groups is 2. The molecular weight excluding hydrogens is 671 g/mol. The summed E-state index contributed by atoms with van der Waals surface area (Å²) in [6.45, 7) is 4.70. The fourth-order valence-corrected chi connectivity index (χ4v) is 9.08. The Morgan fingerprint density at radius 2 is 1.83 bits per heavy atom. The van der Waals surface area contributed by atoms with Gasteiger partial charge in [-0.15, -0.1) is 11.3 Å². The lowest BCUT2D eigenvalue weighted by Crippen LogP contribution is -2.54. The number of thiophene rings is 1. The van der Waals surface area contributed by atoms with Crippen LogP contribution in [0.25, 0.3) is 10.8 Å². The number of carbonyl (C=O) groups excluding carboxylic acids is 2. The van der Waals surface area contributed by atoms with Crippen LogP contribution in [0.3, 0.4) is 0 Å². The summed E-state index contributed by atoms with van der Waals surface area (Å²) in [5, 5.41) is 28.0. The van der Waals surface area contributed by atoms with E-state index in [9.17, 15) is 19.8 Å². The molecule has 0 unspecified atom stereocenters. The quantitative estimate of drug-likeness (QED) is 0.123. The number of hydrogen-bond donors (Lipinski definition) is 2. The zero-order valence-corrected chi connectivity index (χ0v) is 30.7. The van der Waals surface area contributed by atoms with Gasteiger partial charge in [-0.1, -0.05) is 67.1 Å². The highest BCUT2D eigenvalue weighted by Crippen LogP contribution is 2.59. The maximum Gasteiger partial charge on any atom is 0.415 e. The monoisotopic (exact) mass is 717 g/mol. The Labute approximate surface area is 309 Å². The largest absolute Gasteiger partial charge is 0.461 e. The van der Waals surface area contributed by atoms with Crippen molar-refractivity contribution in [1.29, 1.82) is 0 Å². The Balaban J connectivity index is 1.25. The lowest BCUT2D eigenvalue weighted by atomic mass is 9.64. The van der Waals surface area contributed by atoms with E-state index in [0.29, 0.717) is 62.8 Å². The third-order valence-corrected chi connectivity index (χ3v) is 12.4. The van der Waals surface area contributed by atoms with Crippen LogP contribution in [0.15, 0.2) is 113 Å². The van der Waals surface area contributed by atoms with Crippen LogP contribution in [0.2, 0.25) is 0 Å². The van der Waals surface area contributed by atoms with Gasteiger partial charge in [0.25, 0.3) is 0 Å². The van der Waals surface area contributed by atoms with Crippen LogP contribution in [0.5, 0.6) is 5.75 Å². The molecule has 0 spiro atoms. The molecule has 0 saturated heterocycles. The van der Waals surface area contributed by atoms with Gasteiger partial charge in [-0.05, 0) is 128 Å². The summed E-state index contributed by atoms with van der Waals surface area (Å²) in [5.41, 5.74) is 1.49. The summed E-state index contributed by atoms with van der Waals surface area (Å²) < 4.78 is 11.6. The van der Waals surface area contributed by atoms with Crippen molar-refractivity contribution in [2.75, 3.05) is 13.1 Å². The molecule has 3 aliphatic carbocycles. The van der Waals surface area contributed by atoms with E-state index in [2.05, 4.69) is 26.0 Å². The molecule has 270 valence electrons. The maximum atomic E-state index is 14.1. The van der Waals surface area contributed by atoms with Gasteiger partial charge in [0.15, 0.2) is 5.76 Å². The molecule has 3 aromatic carbocycles. The van der Waals surface area contributed by atoms with Crippen molar-refractivity contribution >= 4 is 34.0 Å². The van der Waals surface area contributed by atoms with Crippen LogP contribution in [0.1, 0.15) is 90.4 Å². The van der Waals surface area contributed by atoms with Gasteiger partial charge in [-0.2, -0.15) is 0 Å². The first-order valence-corrected chi connectivity index (χ1v) is 19.2. The predicted molar refractivity (Wildman–Crippen MR) is 205 cm³/mol. The van der Waals surface area contributed by atoms with Crippen molar-refractivity contribution in [3.05, 3.63) is 136 Å². The number of ketones is 1. The molecule has 2 bridgehead atoms. The molecule has 2 N–H and O–H groups in total. The first kappa shape index (κ1) is 35.9. The highest BCUT2D eigenvalue weighted by atomic mass is 32.1. The Bertz CT molecular complexity index is 2050. The van der Waals surface area contributed by atoms with Crippen molar-refractivity contribution < 1.29 is 29.0 Å². The van der Waals surface area contributed by atoms with Crippen LogP contribution >= 0.6 is 11.3 Å². The zero-order valence-electron chi connectivity index (χ0n) is 29.9. The van der Waals surface area contributed by atoms with Gasteiger partial charge in [0, 0.05) is 22.4 Å². The van der Waals surface area contributed by atoms with Crippen LogP contribution in [-0.4, -0.2) is 51.8 Å². The number of benzene rings is 3. The van der Waals surface area contributed by atoms with E-state index in [1.807, 2.05) is 72.1 Å². The number of amides is 1. The van der Waals surface area contributed by atoms with E-state index in [1.165, 1.54) is 11.8 Å². The topological polar surface area (TPSA) is 100 Å². The van der Waals surface area contributed by atoms with E-state index < -0.39 is 23.2 Å². The van der Waals surface area contributed by atoms with Gasteiger partial charge < -0.3 is 24.3 Å². The molecule has 2 heterocycles. The summed E-state index contributed by atoms with van der Waals surface area (Å²) in [6.07, 6.45) is 7.59. The minimum Gasteiger partial charge on any atom is -0.461 e. The van der Waals surface area contributed by atoms with E-state index in [4.69, 9.17) is 9.15 Å². The second kappa shape index (κ2) is 15.2. The third kappa shape index (κ3) is 7.51. The van der Waals surface area contributed by atoms with Gasteiger partial charge in [-0.3, -0.25) is 4.79 Å². The third-order valence-electron chi connectivity index (χ3n) is 11.5. The Morgan fingerprint density at radius 1 is 0.981 bits per heavy atom. The molecule has 52 heavy (non-hydrogen) atoms. The highest BCUT2D eigenvalue weighted by Gasteiger charge is 2.57. The molecule has 1 saturated carbocycles. The average molecular weight is 718 g/mol. The Morgan fingerprint density at radius 3 is 2.62 bits per heavy atom. The van der Waals surface area contributed by atoms with E-state index >= 15 is 0 Å². The van der Waals surface area contributed by atoms with Crippen molar-refractivity contribution in [1.82, 2.24) is 4.90 Å². The first-order valence-electron chi connectivity index (χ1n) is 18.4. The molecule has 8 heteroatoms. The number of nitrogens with zero attached hydrogens (tertiary/aromatic N) is 1. The molecule has 0 aliphatic heterocycles. The summed E-state index contributed by atoms with van der Waals surface area (Å²) in [5.74, 6) is 0.313. The average Bonchev–Trinajstić information content (AvgIpc) is 3.92. The van der Waals surface area contributed by atoms with E-state index in [0.717, 1.165) is 33.2 Å². The van der Waals surface area contributed by atoms with Crippen molar-refractivity contribution in [2.24, 2.45) is 5.41 Å². The van der Waals surface area contributed by atoms with Crippen LogP contribution in [-0.2, 0) is 12.8 Å². The summed E-state index contributed by atoms with van der Waals surface area (Å²) in [4.78, 5) is 31.0. The second-order valence-electron chi connectivity index (χ2n) is 14.9. The lowest BCUT2D eigenvalue weighted by Gasteiger charge is -2.46. The molecule has 5 aromatic rings. The van der Waals surface area contributed by atoms with Crippen LogP contribution in [0.4, 0.5) is 4.79 Å². The number of hydrogen-bond acceptors (Lipinski definition) is 7. The number of aliphatic hydroxyl groups excluding tert-OH is 1. The molecule has 2 aromatic heterocycles. The van der Waals surface area contributed by atoms with Crippen molar-refractivity contribution in [3.63, 3.8) is 0 Å². The highest BCUT2D eigenvalue weighted by molar-refractivity contribution is 7.09. The molecule has 1 fully saturated rings. The fraction of sp³-hybridized carbons (Fsp3) is 0.364. The summed E-state index contributed by atoms with van der Waals surface area (Å²) in [6, 6.07) is 27.0. The Kier molecular flexibility index (Phi) is 10.5. The minimum absolute atomic E-state index is 0.0895. The van der Waals surface area contributed by atoms with Crippen molar-refractivity contribution in [3.8, 4) is 5.75 Å². The van der Waals surface area contributed by atoms with Gasteiger partial charge in [-0.25, -0.2) is 4.79 Å². The molecule has 7 nitrogen and oxygen atoms in total. The fourth-order valence-electron chi connectivity index (χ4n) is 8.38. The zero-order chi connectivity index (χ0) is 36.3. The number of rotatable bonds is 8. The second-order valence-corrected chi connectivity index (χ2v) is 15.9. The summed E-state index contributed by atoms with van der Waals surface area (Å²) in [7, 11) is 0. The SMILES string of the molecule is CC1=CCC[C@@]2(C)[C@@H](CC[C@@]2(O)CN(CCc2cccs2)C(=O)Oc2ccc3ccccc3c2)c2ccc(cc2C(=O)c2ccco2)C[C@@H](O)CC1. The maximum absolute atomic E-state index is 14.1. The van der Waals surface area contributed by atoms with Crippen LogP contribution in [0, 0.1) is 5.41 Å². The minimum atomic E-state index is -1.28. The Hall–Kier alpha value is -4.50. The predicted octanol–water partition coefficient (Wildman–Crippen LogP) is 9.51. The number of ether oxygens (including phenoxy) is 1. The van der Waals surface area contributed by atoms with Gasteiger partial charge in [0.1, 0.15) is 5.75 Å². The smallest absolute Gasteiger partial charge is 0.415 e. The summed E-state index contributed by atoms with van der Waals surface area (Å²) >= 11 is 1.65. The number of allylic oxidation sites excluding steroid dienone is 2. The lowest BCUT2D eigenvalue weighted by molar-refractivity contribution is -0.0789. The van der Waals surface area contributed by atoms with E-state index in [1.54, 1.807) is 28.4 Å². The van der Waals surface area contributed by atoms with E-state index in [-0.39, 0.29) is 24.0 Å². The molecule has 0 radical (unpaired) electrons. The molecule has 4 atom stereocenters. The first-order chi connectivity index (χ1) is 25.1. The number of furan rings is 1. The molecule has 1 amide bonds. The standard InChI is InChI=1S/C44H47NO6S/c1-30-8-5-21-43(2)39(37-18-14-31(26-34(46)16-13-30)27-38(37)41(47)40-12-6-24-50-40)19-22-44(43,49)29-45(23-20-36-11-7-25-52-36)42(48)51-35-17-15-32-9-3-4-10-33(32)28-35/h3-4,6-12,14-15,17-18,24-25,27-28,34,39,46,49H,5,13,16,19-23,26,29H2,1-2H3/t34-,39-,43-,44+/m0/s1. The normalized spacial score (nSPS) is 23.5. The van der Waals surface area contributed by atoms with Gasteiger partial charge in [0.2, 0.25) is 5.78 Å². The molecule has 8 rings (SSSR count). The molecule has 3 aliphatic rings. The van der Waals surface area contributed by atoms with Crippen molar-refractivity contribution in [2.45, 2.75) is 82.8 Å². The van der Waals surface area contributed by atoms with Crippen LogP contribution < -0.4 is 4.74 Å². The van der Waals surface area contributed by atoms with Gasteiger partial charge >= 0.3 is 6.09 Å². The number of fused-ring (bicyclic) bond motifs is 9. The number of aliphatic hydroxyl groups is 2.